The molecule has 0 aliphatic carbocycles. The van der Waals surface area contributed by atoms with Gasteiger partial charge in [-0.2, -0.15) is 11.8 Å². The summed E-state index contributed by atoms with van der Waals surface area (Å²) in [6, 6.07) is 6.31. The van der Waals surface area contributed by atoms with Gasteiger partial charge in [-0.3, -0.25) is 9.59 Å². The first-order valence-electron chi connectivity index (χ1n) is 8.98. The lowest BCUT2D eigenvalue weighted by Crippen LogP contribution is -2.50. The molecule has 3 N–H and O–H groups in total. The van der Waals surface area contributed by atoms with Crippen LogP contribution in [0.15, 0.2) is 24.3 Å². The van der Waals surface area contributed by atoms with Crippen LogP contribution >= 0.6 is 35.8 Å². The fourth-order valence-electron chi connectivity index (χ4n) is 3.02. The Morgan fingerprint density at radius 2 is 1.96 bits per heavy atom. The Labute approximate surface area is 177 Å². The Kier molecular flexibility index (Phi) is 10.5. The number of rotatable bonds is 8. The molecular formula is C19H29Cl2N3O2S. The molecule has 1 atom stereocenters. The van der Waals surface area contributed by atoms with Gasteiger partial charge in [-0.25, -0.2) is 0 Å². The zero-order chi connectivity index (χ0) is 19.0. The van der Waals surface area contributed by atoms with E-state index in [1.165, 1.54) is 0 Å². The van der Waals surface area contributed by atoms with Crippen molar-refractivity contribution >= 4 is 47.6 Å². The fraction of sp³-hybridized carbons (Fsp3) is 0.579. The number of carbonyl (C=O) groups is 2. The smallest absolute Gasteiger partial charge is 0.253 e. The SMILES string of the molecule is CSCCC(NC(=O)c1ccccc1Cl)C(=O)NCC1(C)CCNCC1.Cl. The zero-order valence-electron chi connectivity index (χ0n) is 15.8. The summed E-state index contributed by atoms with van der Waals surface area (Å²) in [4.78, 5) is 25.2. The van der Waals surface area contributed by atoms with Gasteiger partial charge >= 0.3 is 0 Å². The standard InChI is InChI=1S/C19H28ClN3O2S.ClH/c1-19(8-10-21-11-9-19)13-22-18(25)16(7-12-26-2)23-17(24)14-5-3-4-6-15(14)20;/h3-6,16,21H,7-13H2,1-2H3,(H,22,25)(H,23,24);1H. The van der Waals surface area contributed by atoms with Gasteiger partial charge in [-0.1, -0.05) is 30.7 Å². The van der Waals surface area contributed by atoms with Gasteiger partial charge in [0.25, 0.3) is 5.91 Å². The molecule has 0 radical (unpaired) electrons. The minimum Gasteiger partial charge on any atom is -0.354 e. The predicted molar refractivity (Wildman–Crippen MR) is 116 cm³/mol. The van der Waals surface area contributed by atoms with Gasteiger partial charge in [0.15, 0.2) is 0 Å². The second-order valence-corrected chi connectivity index (χ2v) is 8.46. The maximum absolute atomic E-state index is 12.7. The number of hydrogen-bond acceptors (Lipinski definition) is 4. The Balaban J connectivity index is 0.00000364. The quantitative estimate of drug-likeness (QED) is 0.588. The van der Waals surface area contributed by atoms with Crippen LogP contribution in [0, 0.1) is 5.41 Å². The van der Waals surface area contributed by atoms with Crippen LogP contribution in [0.4, 0.5) is 0 Å². The van der Waals surface area contributed by atoms with Crippen LogP contribution in [0.25, 0.3) is 0 Å². The van der Waals surface area contributed by atoms with Crippen molar-refractivity contribution in [3.05, 3.63) is 34.9 Å². The predicted octanol–water partition coefficient (Wildman–Crippen LogP) is 3.12. The molecule has 1 saturated heterocycles. The van der Waals surface area contributed by atoms with Crippen molar-refractivity contribution in [1.29, 1.82) is 0 Å². The first-order chi connectivity index (χ1) is 12.4. The molecule has 27 heavy (non-hydrogen) atoms. The lowest BCUT2D eigenvalue weighted by Gasteiger charge is -2.34. The molecule has 1 aliphatic heterocycles. The third-order valence-corrected chi connectivity index (χ3v) is 5.82. The molecule has 0 saturated carbocycles. The molecule has 0 bridgehead atoms. The summed E-state index contributed by atoms with van der Waals surface area (Å²) in [6.45, 7) is 4.79. The first kappa shape index (κ1) is 24.1. The summed E-state index contributed by atoms with van der Waals surface area (Å²) in [7, 11) is 0. The Bertz CT molecular complexity index is 625. The number of nitrogens with one attached hydrogen (secondary N) is 3. The fourth-order valence-corrected chi connectivity index (χ4v) is 3.71. The molecule has 8 heteroatoms. The summed E-state index contributed by atoms with van der Waals surface area (Å²) in [6.07, 6.45) is 4.64. The van der Waals surface area contributed by atoms with E-state index in [4.69, 9.17) is 11.6 Å². The van der Waals surface area contributed by atoms with Gasteiger partial charge in [0.2, 0.25) is 5.91 Å². The number of piperidine rings is 1. The molecule has 0 spiro atoms. The van der Waals surface area contributed by atoms with Crippen LogP contribution in [-0.4, -0.2) is 49.5 Å². The number of halogens is 2. The molecular weight excluding hydrogens is 405 g/mol. The molecule has 1 aromatic carbocycles. The molecule has 152 valence electrons. The highest BCUT2D eigenvalue weighted by Gasteiger charge is 2.29. The topological polar surface area (TPSA) is 70.2 Å². The van der Waals surface area contributed by atoms with Gasteiger partial charge in [-0.15, -0.1) is 12.4 Å². The van der Waals surface area contributed by atoms with Gasteiger partial charge in [0, 0.05) is 6.54 Å². The van der Waals surface area contributed by atoms with Crippen molar-refractivity contribution in [3.8, 4) is 0 Å². The highest BCUT2D eigenvalue weighted by atomic mass is 35.5. The van der Waals surface area contributed by atoms with E-state index in [0.29, 0.717) is 23.6 Å². The van der Waals surface area contributed by atoms with E-state index in [1.807, 2.05) is 6.26 Å². The molecule has 1 fully saturated rings. The molecule has 5 nitrogen and oxygen atoms in total. The minimum absolute atomic E-state index is 0. The molecule has 1 unspecified atom stereocenters. The van der Waals surface area contributed by atoms with Crippen LogP contribution in [-0.2, 0) is 4.79 Å². The van der Waals surface area contributed by atoms with Crippen molar-refractivity contribution < 1.29 is 9.59 Å². The normalized spacial score (nSPS) is 16.7. The van der Waals surface area contributed by atoms with Gasteiger partial charge < -0.3 is 16.0 Å². The molecule has 0 aromatic heterocycles. The van der Waals surface area contributed by atoms with Crippen molar-refractivity contribution in [2.75, 3.05) is 31.6 Å². The van der Waals surface area contributed by atoms with Gasteiger partial charge in [0.05, 0.1) is 10.6 Å². The highest BCUT2D eigenvalue weighted by Crippen LogP contribution is 2.26. The van der Waals surface area contributed by atoms with E-state index >= 15 is 0 Å². The maximum atomic E-state index is 12.7. The Morgan fingerprint density at radius 3 is 2.59 bits per heavy atom. The number of thioether (sulfide) groups is 1. The van der Waals surface area contributed by atoms with Crippen molar-refractivity contribution in [2.45, 2.75) is 32.2 Å². The van der Waals surface area contributed by atoms with E-state index in [-0.39, 0.29) is 29.6 Å². The maximum Gasteiger partial charge on any atom is 0.253 e. The largest absolute Gasteiger partial charge is 0.354 e. The number of carbonyl (C=O) groups excluding carboxylic acids is 2. The van der Waals surface area contributed by atoms with Crippen LogP contribution < -0.4 is 16.0 Å². The second kappa shape index (κ2) is 11.8. The van der Waals surface area contributed by atoms with Crippen LogP contribution in [0.1, 0.15) is 36.5 Å². The average molecular weight is 434 g/mol. The summed E-state index contributed by atoms with van der Waals surface area (Å²) in [5.74, 6) is 0.353. The van der Waals surface area contributed by atoms with Crippen molar-refractivity contribution in [2.24, 2.45) is 5.41 Å². The van der Waals surface area contributed by atoms with E-state index < -0.39 is 6.04 Å². The lowest BCUT2D eigenvalue weighted by molar-refractivity contribution is -0.123. The Morgan fingerprint density at radius 1 is 1.30 bits per heavy atom. The Hall–Kier alpha value is -0.950. The van der Waals surface area contributed by atoms with E-state index in [1.54, 1.807) is 36.0 Å². The number of hydrogen-bond donors (Lipinski definition) is 3. The first-order valence-corrected chi connectivity index (χ1v) is 10.8. The van der Waals surface area contributed by atoms with Crippen LogP contribution in [0.5, 0.6) is 0 Å². The number of amides is 2. The van der Waals surface area contributed by atoms with E-state index in [2.05, 4.69) is 22.9 Å². The summed E-state index contributed by atoms with van der Waals surface area (Å²) in [5, 5.41) is 9.63. The van der Waals surface area contributed by atoms with Crippen molar-refractivity contribution in [1.82, 2.24) is 16.0 Å². The zero-order valence-corrected chi connectivity index (χ0v) is 18.2. The summed E-state index contributed by atoms with van der Waals surface area (Å²) < 4.78 is 0. The third kappa shape index (κ3) is 7.53. The molecule has 2 amide bonds. The van der Waals surface area contributed by atoms with Crippen LogP contribution in [0.3, 0.4) is 0 Å². The minimum atomic E-state index is -0.559. The highest BCUT2D eigenvalue weighted by molar-refractivity contribution is 7.98. The average Bonchev–Trinajstić information content (AvgIpc) is 2.64. The van der Waals surface area contributed by atoms with Gasteiger partial charge in [0.1, 0.15) is 6.04 Å². The molecule has 2 rings (SSSR count). The van der Waals surface area contributed by atoms with E-state index in [9.17, 15) is 9.59 Å². The lowest BCUT2D eigenvalue weighted by atomic mass is 9.81. The second-order valence-electron chi connectivity index (χ2n) is 7.07. The molecule has 1 aliphatic rings. The van der Waals surface area contributed by atoms with E-state index in [0.717, 1.165) is 31.7 Å². The van der Waals surface area contributed by atoms with Gasteiger partial charge in [-0.05, 0) is 61.9 Å². The monoisotopic (exact) mass is 433 g/mol. The van der Waals surface area contributed by atoms with Crippen molar-refractivity contribution in [3.63, 3.8) is 0 Å². The summed E-state index contributed by atoms with van der Waals surface area (Å²) >= 11 is 7.75. The third-order valence-electron chi connectivity index (χ3n) is 4.85. The van der Waals surface area contributed by atoms with Crippen LogP contribution in [0.2, 0.25) is 5.02 Å². The molecule has 1 aromatic rings. The summed E-state index contributed by atoms with van der Waals surface area (Å²) in [5.41, 5.74) is 0.499. The molecule has 1 heterocycles. The number of benzene rings is 1.